The highest BCUT2D eigenvalue weighted by atomic mass is 32.1. The first-order valence-electron chi connectivity index (χ1n) is 9.68. The van der Waals surface area contributed by atoms with E-state index in [1.54, 1.807) is 29.6 Å². The predicted molar refractivity (Wildman–Crippen MR) is 122 cm³/mol. The van der Waals surface area contributed by atoms with Crippen LogP contribution < -0.4 is 21.3 Å². The zero-order chi connectivity index (χ0) is 22.0. The molecule has 0 saturated heterocycles. The number of hydrogen-bond donors (Lipinski definition) is 1. The summed E-state index contributed by atoms with van der Waals surface area (Å²) in [5.74, 6) is 0.246. The quantitative estimate of drug-likeness (QED) is 0.504. The van der Waals surface area contributed by atoms with Crippen molar-refractivity contribution in [1.82, 2.24) is 9.13 Å². The smallest absolute Gasteiger partial charge is 0.332 e. The molecule has 2 aromatic heterocycles. The number of rotatable bonds is 6. The summed E-state index contributed by atoms with van der Waals surface area (Å²) in [7, 11) is 1.54. The Morgan fingerprint density at radius 3 is 2.55 bits per heavy atom. The molecule has 158 valence electrons. The molecular weight excluding hydrogens is 414 g/mol. The van der Waals surface area contributed by atoms with E-state index in [-0.39, 0.29) is 24.6 Å². The van der Waals surface area contributed by atoms with Crippen LogP contribution in [-0.2, 0) is 17.9 Å². The number of nitrogens with zero attached hydrogens (tertiary/aromatic N) is 2. The molecule has 1 N–H and O–H groups in total. The lowest BCUT2D eigenvalue weighted by atomic mass is 10.2. The van der Waals surface area contributed by atoms with E-state index in [0.717, 1.165) is 10.1 Å². The minimum atomic E-state index is -0.540. The van der Waals surface area contributed by atoms with Crippen LogP contribution in [0.5, 0.6) is 5.75 Å². The number of ether oxygens (including phenoxy) is 1. The summed E-state index contributed by atoms with van der Waals surface area (Å²) in [5, 5.41) is 4.59. The van der Waals surface area contributed by atoms with Gasteiger partial charge in [0.25, 0.3) is 5.56 Å². The van der Waals surface area contributed by atoms with Gasteiger partial charge in [-0.15, -0.1) is 11.3 Å². The third-order valence-corrected chi connectivity index (χ3v) is 5.97. The molecule has 31 heavy (non-hydrogen) atoms. The topological polar surface area (TPSA) is 82.3 Å². The van der Waals surface area contributed by atoms with Crippen molar-refractivity contribution in [2.24, 2.45) is 0 Å². The molecule has 0 aliphatic carbocycles. The van der Waals surface area contributed by atoms with Crippen molar-refractivity contribution in [1.29, 1.82) is 0 Å². The summed E-state index contributed by atoms with van der Waals surface area (Å²) in [5.41, 5.74) is 1.85. The van der Waals surface area contributed by atoms with Crippen LogP contribution in [0.3, 0.4) is 0 Å². The highest BCUT2D eigenvalue weighted by Crippen LogP contribution is 2.19. The molecule has 2 heterocycles. The number of hydrogen-bond acceptors (Lipinski definition) is 5. The van der Waals surface area contributed by atoms with Crippen molar-refractivity contribution in [2.75, 3.05) is 12.4 Å². The lowest BCUT2D eigenvalue weighted by Crippen LogP contribution is -2.41. The number of carbonyl (C=O) groups excluding carboxylic acids is 1. The highest BCUT2D eigenvalue weighted by Gasteiger charge is 2.18. The number of benzene rings is 2. The van der Waals surface area contributed by atoms with Gasteiger partial charge in [0.15, 0.2) is 0 Å². The second-order valence-corrected chi connectivity index (χ2v) is 7.99. The first-order valence-corrected chi connectivity index (χ1v) is 10.6. The molecule has 0 aliphatic rings. The van der Waals surface area contributed by atoms with Crippen molar-refractivity contribution < 1.29 is 9.53 Å². The summed E-state index contributed by atoms with van der Waals surface area (Å²) < 4.78 is 8.28. The molecule has 0 atom stereocenters. The van der Waals surface area contributed by atoms with Gasteiger partial charge in [0, 0.05) is 11.3 Å². The largest absolute Gasteiger partial charge is 0.496 e. The van der Waals surface area contributed by atoms with Gasteiger partial charge in [-0.3, -0.25) is 18.7 Å². The lowest BCUT2D eigenvalue weighted by Gasteiger charge is -2.14. The van der Waals surface area contributed by atoms with E-state index in [0.29, 0.717) is 27.2 Å². The zero-order valence-corrected chi connectivity index (χ0v) is 17.9. The number of anilines is 1. The van der Waals surface area contributed by atoms with E-state index in [4.69, 9.17) is 4.74 Å². The van der Waals surface area contributed by atoms with Crippen molar-refractivity contribution >= 4 is 33.1 Å². The molecule has 0 aliphatic heterocycles. The average Bonchev–Trinajstić information content (AvgIpc) is 3.26. The van der Waals surface area contributed by atoms with Gasteiger partial charge in [0.2, 0.25) is 5.91 Å². The summed E-state index contributed by atoms with van der Waals surface area (Å²) in [4.78, 5) is 39.0. The molecule has 2 aromatic carbocycles. The molecule has 1 amide bonds. The molecule has 0 fully saturated rings. The summed E-state index contributed by atoms with van der Waals surface area (Å²) in [6, 6.07) is 16.3. The molecular formula is C23H21N3O4S. The maximum absolute atomic E-state index is 13.3. The van der Waals surface area contributed by atoms with E-state index in [1.165, 1.54) is 23.0 Å². The summed E-state index contributed by atoms with van der Waals surface area (Å²) in [6.07, 6.45) is 0. The van der Waals surface area contributed by atoms with E-state index in [2.05, 4.69) is 5.32 Å². The fourth-order valence-corrected chi connectivity index (χ4v) is 4.32. The number of carbonyl (C=O) groups is 1. The van der Waals surface area contributed by atoms with Crippen LogP contribution in [-0.4, -0.2) is 22.2 Å². The molecule has 0 radical (unpaired) electrons. The fraction of sp³-hybridized carbons (Fsp3) is 0.174. The third-order valence-electron chi connectivity index (χ3n) is 5.08. The van der Waals surface area contributed by atoms with Crippen molar-refractivity contribution in [3.63, 3.8) is 0 Å². The van der Waals surface area contributed by atoms with Gasteiger partial charge in [0.1, 0.15) is 17.0 Å². The zero-order valence-electron chi connectivity index (χ0n) is 17.1. The van der Waals surface area contributed by atoms with E-state index < -0.39 is 5.69 Å². The second-order valence-electron chi connectivity index (χ2n) is 7.07. The molecule has 0 saturated carbocycles. The van der Waals surface area contributed by atoms with Crippen LogP contribution >= 0.6 is 11.3 Å². The Bertz CT molecular complexity index is 1380. The van der Waals surface area contributed by atoms with Gasteiger partial charge < -0.3 is 10.1 Å². The maximum Gasteiger partial charge on any atom is 0.332 e. The molecule has 7 nitrogen and oxygen atoms in total. The Morgan fingerprint density at radius 2 is 1.77 bits per heavy atom. The number of para-hydroxylation sites is 2. The SMILES string of the molecule is COc1ccccc1Cn1c(=O)c2sccc2n(CC(=O)Nc2ccccc2C)c1=O. The van der Waals surface area contributed by atoms with Gasteiger partial charge in [0.05, 0.1) is 19.2 Å². The van der Waals surface area contributed by atoms with Crippen LogP contribution in [0.2, 0.25) is 0 Å². The van der Waals surface area contributed by atoms with Crippen molar-refractivity contribution in [3.05, 3.63) is 91.9 Å². The standard InChI is InChI=1S/C23H21N3O4S/c1-15-7-3-5-9-17(15)24-20(27)14-25-18-11-12-31-21(18)22(28)26(23(25)29)13-16-8-4-6-10-19(16)30-2/h3-12H,13-14H2,1-2H3,(H,24,27). The Kier molecular flexibility index (Phi) is 5.73. The van der Waals surface area contributed by atoms with E-state index >= 15 is 0 Å². The minimum Gasteiger partial charge on any atom is -0.496 e. The first kappa shape index (κ1) is 20.6. The molecule has 0 spiro atoms. The van der Waals surface area contributed by atoms with Crippen LogP contribution in [0.1, 0.15) is 11.1 Å². The monoisotopic (exact) mass is 435 g/mol. The first-order chi connectivity index (χ1) is 15.0. The minimum absolute atomic E-state index is 0.0505. The van der Waals surface area contributed by atoms with Gasteiger partial charge in [-0.2, -0.15) is 0 Å². The normalized spacial score (nSPS) is 10.9. The number of methoxy groups -OCH3 is 1. The van der Waals surface area contributed by atoms with Gasteiger partial charge in [-0.05, 0) is 36.1 Å². The van der Waals surface area contributed by atoms with Crippen LogP contribution in [0.4, 0.5) is 5.69 Å². The number of thiophene rings is 1. The van der Waals surface area contributed by atoms with Gasteiger partial charge >= 0.3 is 5.69 Å². The Morgan fingerprint density at radius 1 is 1.03 bits per heavy atom. The number of aromatic nitrogens is 2. The van der Waals surface area contributed by atoms with E-state index in [9.17, 15) is 14.4 Å². The fourth-order valence-electron chi connectivity index (χ4n) is 3.48. The number of amides is 1. The molecule has 4 rings (SSSR count). The molecule has 0 unspecified atom stereocenters. The third kappa shape index (κ3) is 4.02. The summed E-state index contributed by atoms with van der Waals surface area (Å²) in [6.45, 7) is 1.74. The number of aryl methyl sites for hydroxylation is 1. The van der Waals surface area contributed by atoms with Crippen LogP contribution in [0.25, 0.3) is 10.2 Å². The highest BCUT2D eigenvalue weighted by molar-refractivity contribution is 7.17. The lowest BCUT2D eigenvalue weighted by molar-refractivity contribution is -0.116. The average molecular weight is 436 g/mol. The van der Waals surface area contributed by atoms with E-state index in [1.807, 2.05) is 37.3 Å². The Balaban J connectivity index is 1.75. The molecule has 8 heteroatoms. The number of nitrogens with one attached hydrogen (secondary N) is 1. The van der Waals surface area contributed by atoms with Gasteiger partial charge in [-0.25, -0.2) is 4.79 Å². The predicted octanol–water partition coefficient (Wildman–Crippen LogP) is 3.23. The van der Waals surface area contributed by atoms with Crippen LogP contribution in [0, 0.1) is 6.92 Å². The Labute approximate surface area is 182 Å². The molecule has 0 bridgehead atoms. The second kappa shape index (κ2) is 8.61. The Hall–Kier alpha value is -3.65. The molecule has 4 aromatic rings. The van der Waals surface area contributed by atoms with Crippen molar-refractivity contribution in [3.8, 4) is 5.75 Å². The van der Waals surface area contributed by atoms with Crippen molar-refractivity contribution in [2.45, 2.75) is 20.0 Å². The number of fused-ring (bicyclic) bond motifs is 1. The maximum atomic E-state index is 13.3. The summed E-state index contributed by atoms with van der Waals surface area (Å²) >= 11 is 1.25. The van der Waals surface area contributed by atoms with Gasteiger partial charge in [-0.1, -0.05) is 36.4 Å². The van der Waals surface area contributed by atoms with Crippen LogP contribution in [0.15, 0.2) is 69.6 Å².